The van der Waals surface area contributed by atoms with Crippen molar-refractivity contribution in [1.82, 2.24) is 0 Å². The molecule has 4 nitrogen and oxygen atoms in total. The molecule has 0 bridgehead atoms. The number of rotatable bonds is 4. The summed E-state index contributed by atoms with van der Waals surface area (Å²) in [6, 6.07) is 5.89. The molecule has 2 rings (SSSR count). The van der Waals surface area contributed by atoms with E-state index in [9.17, 15) is 9.59 Å². The monoisotopic (exact) mass is 357 g/mol. The highest BCUT2D eigenvalue weighted by Gasteiger charge is 2.28. The van der Waals surface area contributed by atoms with E-state index in [4.69, 9.17) is 5.11 Å². The van der Waals surface area contributed by atoms with Crippen LogP contribution < -0.4 is 4.90 Å². The van der Waals surface area contributed by atoms with Gasteiger partial charge in [0.25, 0.3) is 0 Å². The molecule has 0 saturated carbocycles. The Balaban J connectivity index is 2.16. The zero-order valence-electron chi connectivity index (χ0n) is 11.1. The molecule has 0 saturated heterocycles. The van der Waals surface area contributed by atoms with Crippen LogP contribution in [0.15, 0.2) is 27.6 Å². The van der Waals surface area contributed by atoms with Crippen LogP contribution in [0.2, 0.25) is 0 Å². The Morgan fingerprint density at radius 1 is 1.45 bits per heavy atom. The molecule has 0 aliphatic carbocycles. The van der Waals surface area contributed by atoms with E-state index in [0.29, 0.717) is 18.2 Å². The van der Waals surface area contributed by atoms with Gasteiger partial charge in [0.1, 0.15) is 0 Å². The molecule has 1 aromatic rings. The molecule has 1 aliphatic rings. The number of anilines is 1. The summed E-state index contributed by atoms with van der Waals surface area (Å²) in [7, 11) is 0. The molecule has 0 fully saturated rings. The highest BCUT2D eigenvalue weighted by molar-refractivity contribution is 9.10. The molecule has 1 aliphatic heterocycles. The van der Waals surface area contributed by atoms with Gasteiger partial charge in [0, 0.05) is 34.0 Å². The molecule has 1 atom stereocenters. The van der Waals surface area contributed by atoms with Gasteiger partial charge in [0.2, 0.25) is 5.91 Å². The fourth-order valence-corrected chi connectivity index (χ4v) is 4.06. The number of carboxylic acids is 1. The third kappa shape index (κ3) is 3.55. The van der Waals surface area contributed by atoms with E-state index in [0.717, 1.165) is 15.1 Å². The van der Waals surface area contributed by atoms with Gasteiger partial charge in [0.05, 0.1) is 5.69 Å². The second-order valence-corrected chi connectivity index (χ2v) is 7.10. The van der Waals surface area contributed by atoms with Crippen molar-refractivity contribution in [3.05, 3.63) is 22.7 Å². The number of nitrogens with zero attached hydrogens (tertiary/aromatic N) is 1. The van der Waals surface area contributed by atoms with Crippen LogP contribution in [-0.2, 0) is 9.59 Å². The number of hydrogen-bond acceptors (Lipinski definition) is 3. The van der Waals surface area contributed by atoms with Crippen LogP contribution >= 0.6 is 27.7 Å². The Morgan fingerprint density at radius 3 is 2.90 bits per heavy atom. The number of aliphatic carboxylic acids is 1. The van der Waals surface area contributed by atoms with Gasteiger partial charge in [-0.15, -0.1) is 11.8 Å². The number of para-hydroxylation sites is 1. The van der Waals surface area contributed by atoms with Crippen LogP contribution in [0.5, 0.6) is 0 Å². The third-order valence-electron chi connectivity index (χ3n) is 3.07. The van der Waals surface area contributed by atoms with Crippen molar-refractivity contribution >= 4 is 45.3 Å². The van der Waals surface area contributed by atoms with Gasteiger partial charge in [-0.1, -0.05) is 13.0 Å². The number of hydrogen-bond donors (Lipinski definition) is 1. The van der Waals surface area contributed by atoms with Crippen molar-refractivity contribution in [1.29, 1.82) is 0 Å². The molecule has 20 heavy (non-hydrogen) atoms. The van der Waals surface area contributed by atoms with Gasteiger partial charge in [0.15, 0.2) is 0 Å². The Kier molecular flexibility index (Phi) is 5.10. The van der Waals surface area contributed by atoms with Crippen molar-refractivity contribution in [2.24, 2.45) is 0 Å². The van der Waals surface area contributed by atoms with Gasteiger partial charge in [-0.2, -0.15) is 0 Å². The maximum absolute atomic E-state index is 12.3. The average Bonchev–Trinajstić information content (AvgIpc) is 2.37. The molecule has 0 spiro atoms. The lowest BCUT2D eigenvalue weighted by Crippen LogP contribution is -2.38. The van der Waals surface area contributed by atoms with Gasteiger partial charge in [-0.05, 0) is 34.5 Å². The fraction of sp³-hybridized carbons (Fsp3) is 0.429. The van der Waals surface area contributed by atoms with Gasteiger partial charge in [-0.3, -0.25) is 9.59 Å². The summed E-state index contributed by atoms with van der Waals surface area (Å²) in [5.74, 6) is -0.867. The number of carbonyl (C=O) groups is 2. The Hall–Kier alpha value is -1.01. The summed E-state index contributed by atoms with van der Waals surface area (Å²) in [5, 5.41) is 8.98. The standard InChI is InChI=1S/C14H16BrNO3S/c1-9-8-16(12(17)6-3-7-13(18)19)14-10(15)4-2-5-11(14)20-9/h2,4-5,9H,3,6-8H2,1H3,(H,18,19). The van der Waals surface area contributed by atoms with Gasteiger partial charge >= 0.3 is 5.97 Å². The van der Waals surface area contributed by atoms with Crippen LogP contribution in [0.4, 0.5) is 5.69 Å². The summed E-state index contributed by atoms with van der Waals surface area (Å²) in [5.41, 5.74) is 0.913. The minimum atomic E-state index is -0.859. The van der Waals surface area contributed by atoms with Crippen molar-refractivity contribution in [2.75, 3.05) is 11.4 Å². The molecule has 1 amide bonds. The number of amides is 1. The first kappa shape index (κ1) is 15.4. The molecule has 0 radical (unpaired) electrons. The third-order valence-corrected chi connectivity index (χ3v) is 4.84. The summed E-state index contributed by atoms with van der Waals surface area (Å²) in [6.07, 6.45) is 0.684. The SMILES string of the molecule is CC1CN(C(=O)CCCC(=O)O)c2c(Br)cccc2S1. The lowest BCUT2D eigenvalue weighted by atomic mass is 10.2. The quantitative estimate of drug-likeness (QED) is 0.895. The average molecular weight is 358 g/mol. The Morgan fingerprint density at radius 2 is 2.20 bits per heavy atom. The first-order valence-electron chi connectivity index (χ1n) is 6.46. The molecule has 1 N–H and O–H groups in total. The highest BCUT2D eigenvalue weighted by Crippen LogP contribution is 2.42. The number of benzene rings is 1. The second kappa shape index (κ2) is 6.63. The van der Waals surface area contributed by atoms with Gasteiger partial charge in [-0.25, -0.2) is 0 Å². The molecule has 108 valence electrons. The molecule has 1 unspecified atom stereocenters. The maximum atomic E-state index is 12.3. The highest BCUT2D eigenvalue weighted by atomic mass is 79.9. The summed E-state index contributed by atoms with van der Waals surface area (Å²) in [6.45, 7) is 2.75. The topological polar surface area (TPSA) is 57.6 Å². The van der Waals surface area contributed by atoms with Crippen molar-refractivity contribution in [3.8, 4) is 0 Å². The lowest BCUT2D eigenvalue weighted by molar-refractivity contribution is -0.137. The smallest absolute Gasteiger partial charge is 0.303 e. The normalized spacial score (nSPS) is 17.7. The molecule has 1 aromatic carbocycles. The minimum absolute atomic E-state index is 0.00782. The number of halogens is 1. The predicted molar refractivity (Wildman–Crippen MR) is 83.3 cm³/mol. The maximum Gasteiger partial charge on any atom is 0.303 e. The van der Waals surface area contributed by atoms with E-state index in [-0.39, 0.29) is 18.7 Å². The molecule has 6 heteroatoms. The van der Waals surface area contributed by atoms with E-state index in [1.165, 1.54) is 0 Å². The Labute approximate surface area is 130 Å². The largest absolute Gasteiger partial charge is 0.481 e. The lowest BCUT2D eigenvalue weighted by Gasteiger charge is -2.33. The molecule has 1 heterocycles. The number of thioether (sulfide) groups is 1. The van der Waals surface area contributed by atoms with Crippen LogP contribution in [0.25, 0.3) is 0 Å². The van der Waals surface area contributed by atoms with Crippen LogP contribution in [0.1, 0.15) is 26.2 Å². The van der Waals surface area contributed by atoms with E-state index >= 15 is 0 Å². The predicted octanol–water partition coefficient (Wildman–Crippen LogP) is 3.53. The van der Waals surface area contributed by atoms with E-state index in [1.54, 1.807) is 16.7 Å². The summed E-state index contributed by atoms with van der Waals surface area (Å²) >= 11 is 5.26. The minimum Gasteiger partial charge on any atom is -0.481 e. The number of carboxylic acid groups (broad SMARTS) is 1. The van der Waals surface area contributed by atoms with Crippen LogP contribution in [-0.4, -0.2) is 28.8 Å². The van der Waals surface area contributed by atoms with Crippen molar-refractivity contribution in [3.63, 3.8) is 0 Å². The van der Waals surface area contributed by atoms with Crippen molar-refractivity contribution in [2.45, 2.75) is 36.3 Å². The number of fused-ring (bicyclic) bond motifs is 1. The molecular formula is C14H16BrNO3S. The van der Waals surface area contributed by atoms with E-state index in [1.807, 2.05) is 18.2 Å². The fourth-order valence-electron chi connectivity index (χ4n) is 2.21. The Bertz CT molecular complexity index is 535. The summed E-state index contributed by atoms with van der Waals surface area (Å²) < 4.78 is 0.904. The zero-order valence-corrected chi connectivity index (χ0v) is 13.5. The van der Waals surface area contributed by atoms with E-state index < -0.39 is 5.97 Å². The van der Waals surface area contributed by atoms with Crippen molar-refractivity contribution < 1.29 is 14.7 Å². The second-order valence-electron chi connectivity index (χ2n) is 4.77. The van der Waals surface area contributed by atoms with Crippen LogP contribution in [0.3, 0.4) is 0 Å². The van der Waals surface area contributed by atoms with E-state index in [2.05, 4.69) is 22.9 Å². The first-order chi connectivity index (χ1) is 9.49. The molecular weight excluding hydrogens is 342 g/mol. The van der Waals surface area contributed by atoms with Gasteiger partial charge < -0.3 is 10.0 Å². The first-order valence-corrected chi connectivity index (χ1v) is 8.13. The molecule has 0 aromatic heterocycles. The van der Waals surface area contributed by atoms with Crippen LogP contribution in [0, 0.1) is 0 Å². The number of carbonyl (C=O) groups excluding carboxylic acids is 1. The zero-order chi connectivity index (χ0) is 14.7. The summed E-state index contributed by atoms with van der Waals surface area (Å²) in [4.78, 5) is 25.7.